The predicted molar refractivity (Wildman–Crippen MR) is 91.8 cm³/mol. The monoisotopic (exact) mass is 474 g/mol. The van der Waals surface area contributed by atoms with Gasteiger partial charge in [0.05, 0.1) is 0 Å². The molecule has 31 heavy (non-hydrogen) atoms. The molecular formula is C19H27F9O3. The molecule has 184 valence electrons. The van der Waals surface area contributed by atoms with E-state index in [1.165, 1.54) is 6.92 Å². The highest BCUT2D eigenvalue weighted by atomic mass is 19.4. The highest BCUT2D eigenvalue weighted by Crippen LogP contribution is 2.59. The molecule has 0 aromatic heterocycles. The second kappa shape index (κ2) is 8.62. The summed E-state index contributed by atoms with van der Waals surface area (Å²) in [5.41, 5.74) is -7.19. The third-order valence-corrected chi connectivity index (χ3v) is 7.33. The number of hydrogen-bond donors (Lipinski definition) is 2. The van der Waals surface area contributed by atoms with Gasteiger partial charge in [-0.2, -0.15) is 39.5 Å². The number of carboxylic acid groups (broad SMARTS) is 1. The van der Waals surface area contributed by atoms with Gasteiger partial charge in [-0.1, -0.05) is 20.8 Å². The maximum Gasteiger partial charge on any atom is 0.426 e. The van der Waals surface area contributed by atoms with E-state index < -0.39 is 54.3 Å². The summed E-state index contributed by atoms with van der Waals surface area (Å²) in [6.45, 7) is 5.74. The van der Waals surface area contributed by atoms with E-state index in [-0.39, 0.29) is 17.8 Å². The van der Waals surface area contributed by atoms with Crippen LogP contribution < -0.4 is 0 Å². The fourth-order valence-electron chi connectivity index (χ4n) is 4.57. The van der Waals surface area contributed by atoms with Crippen molar-refractivity contribution in [3.8, 4) is 0 Å². The molecule has 2 saturated carbocycles. The van der Waals surface area contributed by atoms with Gasteiger partial charge >= 0.3 is 24.5 Å². The minimum atomic E-state index is -5.69. The Morgan fingerprint density at radius 2 is 1.32 bits per heavy atom. The summed E-state index contributed by atoms with van der Waals surface area (Å²) >= 11 is 0. The van der Waals surface area contributed by atoms with E-state index in [9.17, 15) is 49.4 Å². The molecule has 6 atom stereocenters. The maximum absolute atomic E-state index is 12.7. The Labute approximate surface area is 174 Å². The van der Waals surface area contributed by atoms with Crippen molar-refractivity contribution in [2.24, 2.45) is 35.0 Å². The largest absolute Gasteiger partial charge is 0.481 e. The summed E-state index contributed by atoms with van der Waals surface area (Å²) in [6, 6.07) is 0. The van der Waals surface area contributed by atoms with E-state index in [2.05, 4.69) is 0 Å². The van der Waals surface area contributed by atoms with Crippen molar-refractivity contribution < 1.29 is 54.5 Å². The van der Waals surface area contributed by atoms with Gasteiger partial charge in [-0.15, -0.1) is 0 Å². The topological polar surface area (TPSA) is 57.5 Å². The van der Waals surface area contributed by atoms with Crippen LogP contribution in [0.3, 0.4) is 0 Å². The molecule has 0 aliphatic heterocycles. The lowest BCUT2D eigenvalue weighted by atomic mass is 9.72. The molecule has 3 nitrogen and oxygen atoms in total. The fraction of sp³-hybridized carbons (Fsp3) is 0.947. The Morgan fingerprint density at radius 1 is 0.871 bits per heavy atom. The van der Waals surface area contributed by atoms with Gasteiger partial charge in [0.2, 0.25) is 0 Å². The van der Waals surface area contributed by atoms with Crippen LogP contribution in [-0.2, 0) is 4.79 Å². The summed E-state index contributed by atoms with van der Waals surface area (Å²) in [6.07, 6.45) is -16.7. The predicted octanol–water partition coefficient (Wildman–Crippen LogP) is 6.21. The fourth-order valence-corrected chi connectivity index (χ4v) is 4.57. The molecular weight excluding hydrogens is 447 g/mol. The molecule has 0 saturated heterocycles. The van der Waals surface area contributed by atoms with Crippen LogP contribution in [0.1, 0.15) is 53.4 Å². The van der Waals surface area contributed by atoms with Gasteiger partial charge in [0.15, 0.2) is 5.41 Å². The van der Waals surface area contributed by atoms with Crippen LogP contribution in [0.5, 0.6) is 0 Å². The van der Waals surface area contributed by atoms with Crippen molar-refractivity contribution in [3.63, 3.8) is 0 Å². The van der Waals surface area contributed by atoms with Crippen molar-refractivity contribution in [3.05, 3.63) is 0 Å². The van der Waals surface area contributed by atoms with Crippen LogP contribution in [0.4, 0.5) is 39.5 Å². The number of fused-ring (bicyclic) bond motifs is 2. The average Bonchev–Trinajstić information content (AvgIpc) is 3.11. The molecule has 0 amide bonds. The number of halogens is 9. The Bertz CT molecular complexity index is 625. The van der Waals surface area contributed by atoms with Crippen molar-refractivity contribution in [1.29, 1.82) is 0 Å². The molecule has 0 spiro atoms. The van der Waals surface area contributed by atoms with Crippen molar-refractivity contribution in [2.75, 3.05) is 0 Å². The molecule has 0 aromatic carbocycles. The Morgan fingerprint density at radius 3 is 1.55 bits per heavy atom. The minimum Gasteiger partial charge on any atom is -0.481 e. The summed E-state index contributed by atoms with van der Waals surface area (Å²) in [4.78, 5) is 10.2. The third-order valence-electron chi connectivity index (χ3n) is 7.33. The first-order valence-corrected chi connectivity index (χ1v) is 9.80. The van der Waals surface area contributed by atoms with Crippen LogP contribution in [-0.4, -0.2) is 40.3 Å². The van der Waals surface area contributed by atoms with Crippen LogP contribution in [0.25, 0.3) is 0 Å². The van der Waals surface area contributed by atoms with E-state index >= 15 is 0 Å². The van der Waals surface area contributed by atoms with Crippen LogP contribution >= 0.6 is 0 Å². The van der Waals surface area contributed by atoms with Crippen molar-refractivity contribution in [1.82, 2.24) is 0 Å². The van der Waals surface area contributed by atoms with Crippen molar-refractivity contribution in [2.45, 2.75) is 77.5 Å². The van der Waals surface area contributed by atoms with E-state index in [0.717, 1.165) is 0 Å². The van der Waals surface area contributed by atoms with Gasteiger partial charge in [0, 0.05) is 0 Å². The van der Waals surface area contributed by atoms with Crippen molar-refractivity contribution >= 4 is 5.97 Å². The number of alkyl halides is 9. The quantitative estimate of drug-likeness (QED) is 0.477. The summed E-state index contributed by atoms with van der Waals surface area (Å²) in [7, 11) is 0. The molecule has 0 radical (unpaired) electrons. The standard InChI is InChI=1S/C13H18F6O.C6H9F3O2/c1-6-7(2)10-4-8(6)3-9(10)5-11(20,12(14,15)16)13(17,18)19;1-3-5(2,4(10)11)6(7,8)9/h6-10,20H,3-5H2,1-2H3;3H2,1-2H3,(H,10,11). The second-order valence-electron chi connectivity index (χ2n) is 8.92. The van der Waals surface area contributed by atoms with Gasteiger partial charge in [-0.05, 0) is 62.2 Å². The van der Waals surface area contributed by atoms with E-state index in [0.29, 0.717) is 25.7 Å². The number of hydrogen-bond acceptors (Lipinski definition) is 2. The Balaban J connectivity index is 0.000000373. The highest BCUT2D eigenvalue weighted by molar-refractivity contribution is 5.75. The first-order valence-electron chi connectivity index (χ1n) is 9.80. The van der Waals surface area contributed by atoms with E-state index in [1.54, 1.807) is 0 Å². The minimum absolute atomic E-state index is 0.115. The van der Waals surface area contributed by atoms with Gasteiger partial charge in [-0.25, -0.2) is 0 Å². The number of carbonyl (C=O) groups is 1. The second-order valence-corrected chi connectivity index (χ2v) is 8.92. The first-order chi connectivity index (χ1) is 13.6. The lowest BCUT2D eigenvalue weighted by molar-refractivity contribution is -0.373. The average molecular weight is 474 g/mol. The zero-order chi connectivity index (χ0) is 24.8. The molecule has 2 bridgehead atoms. The molecule has 2 rings (SSSR count). The van der Waals surface area contributed by atoms with Crippen LogP contribution in [0.2, 0.25) is 0 Å². The Hall–Kier alpha value is -1.20. The molecule has 6 unspecified atom stereocenters. The zero-order valence-corrected chi connectivity index (χ0v) is 17.4. The van der Waals surface area contributed by atoms with Gasteiger partial charge in [-0.3, -0.25) is 4.79 Å². The molecule has 2 aliphatic rings. The van der Waals surface area contributed by atoms with Gasteiger partial charge in [0.25, 0.3) is 5.60 Å². The smallest absolute Gasteiger partial charge is 0.426 e. The SMILES string of the molecule is CC1C2CC(CC(O)(C(F)(F)F)C(F)(F)F)C(C2)C1C.CCC(C)(C(=O)O)C(F)(F)F. The summed E-state index contributed by atoms with van der Waals surface area (Å²) in [5, 5.41) is 17.5. The molecule has 0 heterocycles. The van der Waals surface area contributed by atoms with Crippen LogP contribution in [0, 0.1) is 35.0 Å². The number of carboxylic acids is 1. The highest BCUT2D eigenvalue weighted by Gasteiger charge is 2.71. The third kappa shape index (κ3) is 5.08. The van der Waals surface area contributed by atoms with Crippen LogP contribution in [0.15, 0.2) is 0 Å². The number of rotatable bonds is 4. The summed E-state index contributed by atoms with van der Waals surface area (Å²) < 4.78 is 112. The number of aliphatic carboxylic acids is 1. The van der Waals surface area contributed by atoms with Gasteiger partial charge in [0.1, 0.15) is 0 Å². The maximum atomic E-state index is 12.7. The lowest BCUT2D eigenvalue weighted by Crippen LogP contribution is -2.58. The summed E-state index contributed by atoms with van der Waals surface area (Å²) in [5.74, 6) is -2.05. The van der Waals surface area contributed by atoms with Gasteiger partial charge < -0.3 is 10.2 Å². The molecule has 0 aromatic rings. The number of aliphatic hydroxyl groups is 1. The normalized spacial score (nSPS) is 31.1. The Kier molecular flexibility index (Phi) is 7.74. The van der Waals surface area contributed by atoms with E-state index in [1.807, 2.05) is 13.8 Å². The first kappa shape index (κ1) is 27.8. The molecule has 2 aliphatic carbocycles. The molecule has 2 N–H and O–H groups in total. The molecule has 2 fully saturated rings. The molecule has 12 heteroatoms. The zero-order valence-electron chi connectivity index (χ0n) is 17.4. The van der Waals surface area contributed by atoms with E-state index in [4.69, 9.17) is 5.11 Å². The lowest BCUT2D eigenvalue weighted by Gasteiger charge is -2.39.